The lowest BCUT2D eigenvalue weighted by Crippen LogP contribution is -2.12. The van der Waals surface area contributed by atoms with Crippen LogP contribution < -0.4 is 0 Å². The number of nitrogens with zero attached hydrogens (tertiary/aromatic N) is 3. The highest BCUT2D eigenvalue weighted by molar-refractivity contribution is 6.43. The fraction of sp³-hybridized carbons (Fsp3) is 0.545. The highest BCUT2D eigenvalue weighted by Crippen LogP contribution is 2.11. The van der Waals surface area contributed by atoms with Crippen LogP contribution in [-0.2, 0) is 4.79 Å². The summed E-state index contributed by atoms with van der Waals surface area (Å²) < 4.78 is 0. The number of nitriles is 1. The molecule has 0 heterocycles. The van der Waals surface area contributed by atoms with Crippen LogP contribution in [0.1, 0.15) is 40.0 Å². The van der Waals surface area contributed by atoms with Crippen LogP contribution in [0.15, 0.2) is 11.1 Å². The average molecular weight is 205 g/mol. The molecule has 0 saturated heterocycles. The summed E-state index contributed by atoms with van der Waals surface area (Å²) in [5, 5.41) is 8.42. The second-order valence-electron chi connectivity index (χ2n) is 3.62. The Balaban J connectivity index is 4.11. The number of hydrogen-bond acceptors (Lipinski definition) is 2. The third-order valence-corrected chi connectivity index (χ3v) is 2.28. The summed E-state index contributed by atoms with van der Waals surface area (Å²) in [6.45, 7) is 6.06. The maximum Gasteiger partial charge on any atom is 0.433 e. The van der Waals surface area contributed by atoms with Gasteiger partial charge in [0, 0.05) is 6.42 Å². The number of carbonyl (C=O) groups is 1. The Morgan fingerprint density at radius 3 is 2.33 bits per heavy atom. The molecule has 0 spiro atoms. The second kappa shape index (κ2) is 6.69. The van der Waals surface area contributed by atoms with Crippen molar-refractivity contribution in [2.24, 2.45) is 0 Å². The van der Waals surface area contributed by atoms with Gasteiger partial charge in [-0.05, 0) is 33.6 Å². The van der Waals surface area contributed by atoms with E-state index in [1.807, 2.05) is 20.8 Å². The molecule has 0 amide bonds. The fourth-order valence-electron chi connectivity index (χ4n) is 1.02. The number of rotatable bonds is 5. The van der Waals surface area contributed by atoms with Crippen LogP contribution in [0.25, 0.3) is 5.53 Å². The molecule has 0 bridgehead atoms. The Bertz CT molecular complexity index is 364. The molecule has 0 aliphatic carbocycles. The first-order chi connectivity index (χ1) is 7.02. The third-order valence-electron chi connectivity index (χ3n) is 2.28. The number of ketones is 1. The van der Waals surface area contributed by atoms with Crippen LogP contribution >= 0.6 is 0 Å². The molecule has 4 heteroatoms. The summed E-state index contributed by atoms with van der Waals surface area (Å²) in [6, 6.07) is 1.55. The lowest BCUT2D eigenvalue weighted by atomic mass is 10.0. The number of hydrogen-bond donors (Lipinski definition) is 0. The van der Waals surface area contributed by atoms with Crippen molar-refractivity contribution in [3.05, 3.63) is 16.7 Å². The summed E-state index contributed by atoms with van der Waals surface area (Å²) >= 11 is 0. The first kappa shape index (κ1) is 13.3. The summed E-state index contributed by atoms with van der Waals surface area (Å²) in [5.74, 6) is -0.401. The van der Waals surface area contributed by atoms with Gasteiger partial charge >= 0.3 is 5.71 Å². The fourth-order valence-corrected chi connectivity index (χ4v) is 1.02. The first-order valence-corrected chi connectivity index (χ1v) is 4.81. The highest BCUT2D eigenvalue weighted by atomic mass is 16.1. The zero-order valence-corrected chi connectivity index (χ0v) is 9.37. The van der Waals surface area contributed by atoms with Gasteiger partial charge < -0.3 is 5.53 Å². The first-order valence-electron chi connectivity index (χ1n) is 4.81. The molecule has 0 radical (unpaired) electrons. The van der Waals surface area contributed by atoms with E-state index in [0.717, 1.165) is 6.42 Å². The maximum atomic E-state index is 11.2. The Morgan fingerprint density at radius 2 is 1.93 bits per heavy atom. The smallest absolute Gasteiger partial charge is 0.360 e. The van der Waals surface area contributed by atoms with E-state index in [1.54, 1.807) is 6.07 Å². The minimum absolute atomic E-state index is 0.248. The van der Waals surface area contributed by atoms with Gasteiger partial charge in [0.2, 0.25) is 0 Å². The molecule has 0 rings (SSSR count). The van der Waals surface area contributed by atoms with Crippen molar-refractivity contribution >= 4 is 11.5 Å². The van der Waals surface area contributed by atoms with Crippen molar-refractivity contribution in [1.82, 2.24) is 0 Å². The topological polar surface area (TPSA) is 77.3 Å². The van der Waals surface area contributed by atoms with Crippen molar-refractivity contribution < 1.29 is 9.58 Å². The molecular weight excluding hydrogens is 190 g/mol. The largest absolute Gasteiger partial charge is 0.433 e. The Hall–Kier alpha value is -1.72. The summed E-state index contributed by atoms with van der Waals surface area (Å²) in [6.07, 6.45) is 1.76. The quantitative estimate of drug-likeness (QED) is 0.299. The third kappa shape index (κ3) is 4.90. The molecule has 4 nitrogen and oxygen atoms in total. The lowest BCUT2D eigenvalue weighted by Gasteiger charge is -2.01. The maximum absolute atomic E-state index is 11.2. The summed E-state index contributed by atoms with van der Waals surface area (Å²) in [4.78, 5) is 13.9. The Kier molecular flexibility index (Phi) is 5.92. The molecule has 0 fully saturated rings. The minimum atomic E-state index is -0.412. The van der Waals surface area contributed by atoms with Crippen molar-refractivity contribution in [3.63, 3.8) is 0 Å². The van der Waals surface area contributed by atoms with E-state index >= 15 is 0 Å². The van der Waals surface area contributed by atoms with Gasteiger partial charge in [-0.15, -0.1) is 0 Å². The van der Waals surface area contributed by atoms with Gasteiger partial charge in [0.25, 0.3) is 5.78 Å². The van der Waals surface area contributed by atoms with Gasteiger partial charge in [0.15, 0.2) is 6.07 Å². The van der Waals surface area contributed by atoms with Gasteiger partial charge in [-0.3, -0.25) is 4.79 Å². The molecule has 0 aromatic heterocycles. The van der Waals surface area contributed by atoms with Gasteiger partial charge in [-0.1, -0.05) is 11.1 Å². The van der Waals surface area contributed by atoms with Crippen molar-refractivity contribution in [1.29, 1.82) is 5.26 Å². The standard InChI is InChI=1S/C11H15N3O/c1-8(2)9(3)5-4-6-11(15)10(7-12)14-13/h4-6H2,1-3H3. The van der Waals surface area contributed by atoms with Gasteiger partial charge in [0.1, 0.15) is 0 Å². The molecule has 0 aromatic rings. The zero-order chi connectivity index (χ0) is 11.8. The summed E-state index contributed by atoms with van der Waals surface area (Å²) in [5.41, 5.74) is 10.4. The Labute approximate surface area is 89.8 Å². The molecule has 0 saturated carbocycles. The van der Waals surface area contributed by atoms with Crippen molar-refractivity contribution in [2.75, 3.05) is 0 Å². The average Bonchev–Trinajstić information content (AvgIpc) is 2.19. The SMILES string of the molecule is CC(C)=C(C)CCCC(=O)C(C#N)=[N+]=[N-]. The van der Waals surface area contributed by atoms with Crippen LogP contribution in [0.3, 0.4) is 0 Å². The van der Waals surface area contributed by atoms with Crippen LogP contribution in [0.5, 0.6) is 0 Å². The molecule has 0 aromatic carbocycles. The van der Waals surface area contributed by atoms with Crippen molar-refractivity contribution in [2.45, 2.75) is 40.0 Å². The van der Waals surface area contributed by atoms with Crippen LogP contribution in [0.2, 0.25) is 0 Å². The monoisotopic (exact) mass is 205 g/mol. The molecule has 0 aliphatic rings. The molecule has 0 aliphatic heterocycles. The zero-order valence-electron chi connectivity index (χ0n) is 9.37. The minimum Gasteiger partial charge on any atom is -0.360 e. The predicted molar refractivity (Wildman–Crippen MR) is 57.1 cm³/mol. The van der Waals surface area contributed by atoms with Gasteiger partial charge in [-0.2, -0.15) is 10.1 Å². The molecule has 0 atom stereocenters. The molecule has 15 heavy (non-hydrogen) atoms. The van der Waals surface area contributed by atoms with Crippen molar-refractivity contribution in [3.8, 4) is 6.07 Å². The molecular formula is C11H15N3O. The Morgan fingerprint density at radius 1 is 1.33 bits per heavy atom. The predicted octanol–water partition coefficient (Wildman–Crippen LogP) is 2.28. The van der Waals surface area contributed by atoms with E-state index in [9.17, 15) is 4.79 Å². The number of carbonyl (C=O) groups excluding carboxylic acids is 1. The molecule has 0 N–H and O–H groups in total. The van der Waals surface area contributed by atoms with E-state index in [-0.39, 0.29) is 6.42 Å². The number of allylic oxidation sites excluding steroid dienone is 2. The van der Waals surface area contributed by atoms with E-state index in [4.69, 9.17) is 10.8 Å². The van der Waals surface area contributed by atoms with E-state index in [2.05, 4.69) is 4.79 Å². The highest BCUT2D eigenvalue weighted by Gasteiger charge is 2.18. The van der Waals surface area contributed by atoms with E-state index in [1.165, 1.54) is 11.1 Å². The summed E-state index contributed by atoms with van der Waals surface area (Å²) in [7, 11) is 0. The van der Waals surface area contributed by atoms with Crippen LogP contribution in [-0.4, -0.2) is 16.3 Å². The van der Waals surface area contributed by atoms with Gasteiger partial charge in [-0.25, -0.2) is 0 Å². The lowest BCUT2D eigenvalue weighted by molar-refractivity contribution is -0.117. The van der Waals surface area contributed by atoms with Gasteiger partial charge in [0.05, 0.1) is 0 Å². The second-order valence-corrected chi connectivity index (χ2v) is 3.62. The van der Waals surface area contributed by atoms with Crippen LogP contribution in [0.4, 0.5) is 0 Å². The molecule has 80 valence electrons. The number of Topliss-reactive ketones (excluding diaryl/α,β-unsaturated/α-hetero) is 1. The molecule has 0 unspecified atom stereocenters. The van der Waals surface area contributed by atoms with E-state index < -0.39 is 11.5 Å². The van der Waals surface area contributed by atoms with Crippen LogP contribution in [0, 0.1) is 11.3 Å². The van der Waals surface area contributed by atoms with E-state index in [0.29, 0.717) is 6.42 Å². The normalized spacial score (nSPS) is 8.67.